The highest BCUT2D eigenvalue weighted by Gasteiger charge is 2.11. The minimum atomic E-state index is -0.0774. The Labute approximate surface area is 101 Å². The van der Waals surface area contributed by atoms with Crippen LogP contribution in [0.1, 0.15) is 10.4 Å². The Balaban J connectivity index is 2.61. The van der Waals surface area contributed by atoms with Gasteiger partial charge < -0.3 is 4.98 Å². The molecular formula is C11H10N2OS2. The molecule has 0 amide bonds. The van der Waals surface area contributed by atoms with E-state index in [2.05, 4.69) is 15.9 Å². The quantitative estimate of drug-likeness (QED) is 0.505. The van der Waals surface area contributed by atoms with Crippen LogP contribution >= 0.6 is 23.1 Å². The zero-order valence-corrected chi connectivity index (χ0v) is 10.6. The minimum absolute atomic E-state index is 0.0774. The molecule has 0 aliphatic heterocycles. The number of hydrogen-bond donors (Lipinski definition) is 1. The Morgan fingerprint density at radius 2 is 2.31 bits per heavy atom. The van der Waals surface area contributed by atoms with Gasteiger partial charge in [0.15, 0.2) is 5.16 Å². The van der Waals surface area contributed by atoms with Crippen molar-refractivity contribution in [3.8, 4) is 12.3 Å². The predicted molar refractivity (Wildman–Crippen MR) is 69.3 cm³/mol. The van der Waals surface area contributed by atoms with Crippen molar-refractivity contribution in [2.45, 2.75) is 19.0 Å². The SMILES string of the molecule is C#CCSc1nc2sc(C)c(C)c2c(=O)[nH]1. The van der Waals surface area contributed by atoms with Gasteiger partial charge in [0.05, 0.1) is 11.1 Å². The lowest BCUT2D eigenvalue weighted by Crippen LogP contribution is -2.08. The molecule has 0 spiro atoms. The van der Waals surface area contributed by atoms with Crippen LogP contribution in [0, 0.1) is 26.2 Å². The number of thiophene rings is 1. The maximum Gasteiger partial charge on any atom is 0.260 e. The topological polar surface area (TPSA) is 45.8 Å². The number of rotatable bonds is 2. The molecule has 5 heteroatoms. The van der Waals surface area contributed by atoms with Crippen LogP contribution in [0.25, 0.3) is 10.2 Å². The van der Waals surface area contributed by atoms with E-state index in [1.807, 2.05) is 13.8 Å². The van der Waals surface area contributed by atoms with Crippen LogP contribution in [0.15, 0.2) is 9.95 Å². The highest BCUT2D eigenvalue weighted by Crippen LogP contribution is 2.26. The van der Waals surface area contributed by atoms with Crippen LogP contribution < -0.4 is 5.56 Å². The smallest absolute Gasteiger partial charge is 0.260 e. The first-order valence-electron chi connectivity index (χ1n) is 4.69. The van der Waals surface area contributed by atoms with Gasteiger partial charge in [0.25, 0.3) is 5.56 Å². The Morgan fingerprint density at radius 3 is 3.00 bits per heavy atom. The van der Waals surface area contributed by atoms with Crippen LogP contribution in [-0.2, 0) is 0 Å². The Bertz CT molecular complexity index is 634. The third-order valence-electron chi connectivity index (χ3n) is 2.31. The lowest BCUT2D eigenvalue weighted by Gasteiger charge is -1.97. The average Bonchev–Trinajstić information content (AvgIpc) is 2.52. The maximum atomic E-state index is 11.8. The lowest BCUT2D eigenvalue weighted by molar-refractivity contribution is 0.981. The van der Waals surface area contributed by atoms with E-state index in [0.29, 0.717) is 16.3 Å². The molecule has 16 heavy (non-hydrogen) atoms. The molecule has 0 unspecified atom stereocenters. The largest absolute Gasteiger partial charge is 0.301 e. The van der Waals surface area contributed by atoms with E-state index in [0.717, 1.165) is 15.3 Å². The van der Waals surface area contributed by atoms with Crippen molar-refractivity contribution in [3.05, 3.63) is 20.8 Å². The van der Waals surface area contributed by atoms with Crippen molar-refractivity contribution in [2.24, 2.45) is 0 Å². The summed E-state index contributed by atoms with van der Waals surface area (Å²) >= 11 is 2.91. The van der Waals surface area contributed by atoms with Crippen LogP contribution in [0.5, 0.6) is 0 Å². The van der Waals surface area contributed by atoms with E-state index in [-0.39, 0.29) is 5.56 Å². The summed E-state index contributed by atoms with van der Waals surface area (Å²) in [6.07, 6.45) is 5.17. The zero-order valence-electron chi connectivity index (χ0n) is 8.96. The first-order chi connectivity index (χ1) is 7.63. The van der Waals surface area contributed by atoms with E-state index in [1.54, 1.807) is 11.3 Å². The monoisotopic (exact) mass is 250 g/mol. The van der Waals surface area contributed by atoms with Gasteiger partial charge in [-0.3, -0.25) is 4.79 Å². The van der Waals surface area contributed by atoms with Crippen molar-refractivity contribution in [1.29, 1.82) is 0 Å². The van der Waals surface area contributed by atoms with Gasteiger partial charge in [0.2, 0.25) is 0 Å². The molecule has 2 heterocycles. The van der Waals surface area contributed by atoms with Crippen LogP contribution in [0.2, 0.25) is 0 Å². The zero-order chi connectivity index (χ0) is 11.7. The van der Waals surface area contributed by atoms with Crippen molar-refractivity contribution >= 4 is 33.3 Å². The molecule has 0 saturated heterocycles. The standard InChI is InChI=1S/C11H10N2OS2/c1-4-5-15-11-12-9(14)8-6(2)7(3)16-10(8)13-11/h1H,5H2,2-3H3,(H,12,13,14). The number of H-pyrrole nitrogens is 1. The highest BCUT2D eigenvalue weighted by molar-refractivity contribution is 7.99. The van der Waals surface area contributed by atoms with E-state index in [4.69, 9.17) is 6.42 Å². The number of aryl methyl sites for hydroxylation is 2. The van der Waals surface area contributed by atoms with E-state index >= 15 is 0 Å². The summed E-state index contributed by atoms with van der Waals surface area (Å²) in [6.45, 7) is 3.94. The molecule has 0 bridgehead atoms. The number of nitrogens with zero attached hydrogens (tertiary/aromatic N) is 1. The van der Waals surface area contributed by atoms with Gasteiger partial charge in [-0.05, 0) is 19.4 Å². The molecule has 0 radical (unpaired) electrons. The summed E-state index contributed by atoms with van der Waals surface area (Å²) in [4.78, 5) is 20.9. The maximum absolute atomic E-state index is 11.8. The van der Waals surface area contributed by atoms with Crippen molar-refractivity contribution in [1.82, 2.24) is 9.97 Å². The molecule has 0 aromatic carbocycles. The number of fused-ring (bicyclic) bond motifs is 1. The molecule has 0 aliphatic rings. The molecule has 0 atom stereocenters. The molecule has 0 fully saturated rings. The minimum Gasteiger partial charge on any atom is -0.301 e. The molecule has 1 N–H and O–H groups in total. The van der Waals surface area contributed by atoms with E-state index in [9.17, 15) is 4.79 Å². The molecule has 0 aliphatic carbocycles. The number of hydrogen-bond acceptors (Lipinski definition) is 4. The third-order valence-corrected chi connectivity index (χ3v) is 4.19. The van der Waals surface area contributed by atoms with Gasteiger partial charge in [-0.15, -0.1) is 17.8 Å². The second-order valence-corrected chi connectivity index (χ2v) is 5.49. The number of nitrogens with one attached hydrogen (secondary N) is 1. The summed E-state index contributed by atoms with van der Waals surface area (Å²) < 4.78 is 0. The fraction of sp³-hybridized carbons (Fsp3) is 0.273. The summed E-state index contributed by atoms with van der Waals surface area (Å²) in [5.74, 6) is 3.02. The van der Waals surface area contributed by atoms with Gasteiger partial charge in [0, 0.05) is 4.88 Å². The fourth-order valence-electron chi connectivity index (χ4n) is 1.41. The molecular weight excluding hydrogens is 240 g/mol. The molecule has 2 rings (SSSR count). The normalized spacial score (nSPS) is 10.6. The Hall–Kier alpha value is -1.25. The summed E-state index contributed by atoms with van der Waals surface area (Å²) in [7, 11) is 0. The second kappa shape index (κ2) is 4.32. The van der Waals surface area contributed by atoms with Crippen molar-refractivity contribution in [2.75, 3.05) is 5.75 Å². The number of aromatic amines is 1. The molecule has 3 nitrogen and oxygen atoms in total. The molecule has 2 aromatic heterocycles. The Kier molecular flexibility index (Phi) is 3.03. The summed E-state index contributed by atoms with van der Waals surface area (Å²) in [5, 5.41) is 1.30. The van der Waals surface area contributed by atoms with E-state index < -0.39 is 0 Å². The molecule has 0 saturated carbocycles. The van der Waals surface area contributed by atoms with Crippen molar-refractivity contribution in [3.63, 3.8) is 0 Å². The van der Waals surface area contributed by atoms with Crippen molar-refractivity contribution < 1.29 is 0 Å². The third kappa shape index (κ3) is 1.86. The lowest BCUT2D eigenvalue weighted by atomic mass is 10.2. The summed E-state index contributed by atoms with van der Waals surface area (Å²) in [5.41, 5.74) is 0.939. The highest BCUT2D eigenvalue weighted by atomic mass is 32.2. The second-order valence-electron chi connectivity index (χ2n) is 3.33. The van der Waals surface area contributed by atoms with Crippen LogP contribution in [0.3, 0.4) is 0 Å². The molecule has 82 valence electrons. The number of aromatic nitrogens is 2. The average molecular weight is 250 g/mol. The Morgan fingerprint density at radius 1 is 1.56 bits per heavy atom. The number of terminal acetylenes is 1. The van der Waals surface area contributed by atoms with Gasteiger partial charge >= 0.3 is 0 Å². The fourth-order valence-corrected chi connectivity index (χ4v) is 3.04. The first kappa shape index (κ1) is 11.2. The summed E-state index contributed by atoms with van der Waals surface area (Å²) in [6, 6.07) is 0. The number of thioether (sulfide) groups is 1. The van der Waals surface area contributed by atoms with Crippen LogP contribution in [0.4, 0.5) is 0 Å². The van der Waals surface area contributed by atoms with Gasteiger partial charge in [0.1, 0.15) is 4.83 Å². The molecule has 2 aromatic rings. The van der Waals surface area contributed by atoms with E-state index in [1.165, 1.54) is 11.8 Å². The van der Waals surface area contributed by atoms with Gasteiger partial charge in [-0.25, -0.2) is 4.98 Å². The first-order valence-corrected chi connectivity index (χ1v) is 6.50. The predicted octanol–water partition coefficient (Wildman–Crippen LogP) is 2.33. The van der Waals surface area contributed by atoms with Crippen LogP contribution in [-0.4, -0.2) is 15.7 Å². The van der Waals surface area contributed by atoms with Gasteiger partial charge in [-0.2, -0.15) is 0 Å². The van der Waals surface area contributed by atoms with Gasteiger partial charge in [-0.1, -0.05) is 17.7 Å².